The highest BCUT2D eigenvalue weighted by Gasteiger charge is 2.66. The van der Waals surface area contributed by atoms with Gasteiger partial charge in [0.2, 0.25) is 0 Å². The van der Waals surface area contributed by atoms with E-state index in [1.54, 1.807) is 50.6 Å². The van der Waals surface area contributed by atoms with Crippen LogP contribution in [0.2, 0.25) is 0 Å². The molecule has 0 aromatic heterocycles. The number of rotatable bonds is 9. The lowest BCUT2D eigenvalue weighted by Crippen LogP contribution is -2.51. The van der Waals surface area contributed by atoms with Gasteiger partial charge in [0.05, 0.1) is 26.7 Å². The number of nitrogens with one attached hydrogen (secondary N) is 1. The number of para-hydroxylation sites is 2. The van der Waals surface area contributed by atoms with Gasteiger partial charge in [0, 0.05) is 23.0 Å². The van der Waals surface area contributed by atoms with Crippen molar-refractivity contribution in [3.63, 3.8) is 0 Å². The van der Waals surface area contributed by atoms with Crippen molar-refractivity contribution in [3.05, 3.63) is 114 Å². The molecule has 4 aromatic carbocycles. The summed E-state index contributed by atoms with van der Waals surface area (Å²) < 4.78 is 22.4. The Hall–Kier alpha value is -5.31. The van der Waals surface area contributed by atoms with Crippen LogP contribution in [0.15, 0.2) is 97.1 Å². The minimum atomic E-state index is -1.34. The largest absolute Gasteiger partial charge is 0.497 e. The first-order valence-corrected chi connectivity index (χ1v) is 14.9. The fraction of sp³-hybridized carbons (Fsp3) is 0.250. The minimum absolute atomic E-state index is 0.0883. The number of carbonyl (C=O) groups excluding carboxylic acids is 3. The first-order chi connectivity index (χ1) is 21.9. The molecule has 9 heteroatoms. The summed E-state index contributed by atoms with van der Waals surface area (Å²) in [6, 6.07) is 29.0. The van der Waals surface area contributed by atoms with Crippen LogP contribution in [0.25, 0.3) is 0 Å². The summed E-state index contributed by atoms with van der Waals surface area (Å²) in [7, 11) is 3.15. The van der Waals surface area contributed by atoms with Crippen LogP contribution >= 0.6 is 0 Å². The lowest BCUT2D eigenvalue weighted by atomic mass is 9.75. The number of amides is 3. The van der Waals surface area contributed by atoms with Crippen LogP contribution < -0.4 is 24.3 Å². The Morgan fingerprint density at radius 3 is 1.98 bits per heavy atom. The zero-order chi connectivity index (χ0) is 31.1. The van der Waals surface area contributed by atoms with Crippen molar-refractivity contribution in [1.82, 2.24) is 10.2 Å². The Morgan fingerprint density at radius 2 is 1.38 bits per heavy atom. The average Bonchev–Trinajstić information content (AvgIpc) is 3.85. The number of benzene rings is 4. The molecule has 45 heavy (non-hydrogen) atoms. The van der Waals surface area contributed by atoms with Gasteiger partial charge in [0.25, 0.3) is 5.91 Å². The number of fused-ring (bicyclic) bond motifs is 2. The number of ether oxygens (including phenoxy) is 4. The van der Waals surface area contributed by atoms with Crippen LogP contribution in [0.5, 0.6) is 28.7 Å². The summed E-state index contributed by atoms with van der Waals surface area (Å²) in [6.07, 6.45) is 0.662. The van der Waals surface area contributed by atoms with Crippen LogP contribution in [0, 0.1) is 11.8 Å². The molecule has 1 saturated carbocycles. The topological polar surface area (TPSA) is 103 Å². The van der Waals surface area contributed by atoms with Gasteiger partial charge in [-0.15, -0.1) is 0 Å². The van der Waals surface area contributed by atoms with E-state index in [9.17, 15) is 14.4 Å². The molecular weight excluding hydrogens is 572 g/mol. The lowest BCUT2D eigenvalue weighted by molar-refractivity contribution is -0.137. The van der Waals surface area contributed by atoms with Gasteiger partial charge in [0.1, 0.15) is 34.3 Å². The van der Waals surface area contributed by atoms with Gasteiger partial charge >= 0.3 is 12.0 Å². The molecule has 3 amide bonds. The molecule has 3 atom stereocenters. The normalized spacial score (nSPS) is 21.7. The highest BCUT2D eigenvalue weighted by Crippen LogP contribution is 2.56. The number of methoxy groups -OCH3 is 2. The third-order valence-corrected chi connectivity index (χ3v) is 9.04. The SMILES string of the molecule is COc1ccc(CN2C(=O)N[C@](CC3c4ccccc4Oc4ccccc43)(C3C[C@@H]3C(=O)Oc3ccc(OC)cc3)C2=O)cc1. The first-order valence-electron chi connectivity index (χ1n) is 14.9. The summed E-state index contributed by atoms with van der Waals surface area (Å²) >= 11 is 0. The Bertz CT molecular complexity index is 1730. The summed E-state index contributed by atoms with van der Waals surface area (Å²) in [4.78, 5) is 42.9. The van der Waals surface area contributed by atoms with Crippen molar-refractivity contribution in [2.45, 2.75) is 30.8 Å². The van der Waals surface area contributed by atoms with E-state index in [-0.39, 0.29) is 24.8 Å². The molecule has 1 N–H and O–H groups in total. The maximum Gasteiger partial charge on any atom is 0.325 e. The zero-order valence-corrected chi connectivity index (χ0v) is 24.9. The maximum atomic E-state index is 14.6. The summed E-state index contributed by atoms with van der Waals surface area (Å²) in [6.45, 7) is 0.0883. The van der Waals surface area contributed by atoms with Gasteiger partial charge in [-0.05, 0) is 66.9 Å². The summed E-state index contributed by atoms with van der Waals surface area (Å²) in [5.74, 6) is 1.03. The molecule has 7 rings (SSSR count). The molecule has 1 aliphatic carbocycles. The van der Waals surface area contributed by atoms with E-state index in [0.29, 0.717) is 35.2 Å². The standard InChI is InChI=1S/C36H32N2O7/c1-42-23-13-11-22(12-14-23)21-38-34(40)36(37-35(38)41,30-19-28(30)33(39)44-25-17-15-24(43-2)16-18-25)20-29-26-7-3-5-9-31(26)45-32-10-6-4-8-27(29)32/h3-18,28-30H,19-21H2,1-2H3,(H,37,41)/t28-,30?,36+/m0/s1. The van der Waals surface area contributed by atoms with Crippen LogP contribution in [0.3, 0.4) is 0 Å². The van der Waals surface area contributed by atoms with Gasteiger partial charge in [-0.25, -0.2) is 4.79 Å². The van der Waals surface area contributed by atoms with E-state index < -0.39 is 29.4 Å². The minimum Gasteiger partial charge on any atom is -0.497 e. The Morgan fingerprint density at radius 1 is 0.822 bits per heavy atom. The first kappa shape index (κ1) is 28.5. The average molecular weight is 605 g/mol. The molecule has 3 aliphatic rings. The van der Waals surface area contributed by atoms with Gasteiger partial charge in [-0.3, -0.25) is 14.5 Å². The highest BCUT2D eigenvalue weighted by molar-refractivity contribution is 6.08. The maximum absolute atomic E-state index is 14.6. The van der Waals surface area contributed by atoms with Crippen molar-refractivity contribution < 1.29 is 33.3 Å². The number of urea groups is 1. The Kier molecular flexibility index (Phi) is 7.16. The second-order valence-corrected chi connectivity index (χ2v) is 11.6. The second kappa shape index (κ2) is 11.3. The lowest BCUT2D eigenvalue weighted by Gasteiger charge is -2.35. The van der Waals surface area contributed by atoms with Gasteiger partial charge in [0.15, 0.2) is 0 Å². The van der Waals surface area contributed by atoms with Gasteiger partial charge in [-0.1, -0.05) is 48.5 Å². The monoisotopic (exact) mass is 604 g/mol. The molecular formula is C36H32N2O7. The fourth-order valence-electron chi connectivity index (χ4n) is 6.63. The number of nitrogens with zero attached hydrogens (tertiary/aromatic N) is 1. The number of esters is 1. The predicted octanol–water partition coefficient (Wildman–Crippen LogP) is 6.06. The third kappa shape index (κ3) is 5.14. The smallest absolute Gasteiger partial charge is 0.325 e. The molecule has 2 fully saturated rings. The van der Waals surface area contributed by atoms with Crippen molar-refractivity contribution >= 4 is 17.9 Å². The number of imide groups is 1. The second-order valence-electron chi connectivity index (χ2n) is 11.6. The van der Waals surface area contributed by atoms with Crippen molar-refractivity contribution in [3.8, 4) is 28.7 Å². The van der Waals surface area contributed by atoms with E-state index in [1.807, 2.05) is 60.7 Å². The molecule has 2 heterocycles. The summed E-state index contributed by atoms with van der Waals surface area (Å²) in [5, 5.41) is 3.09. The molecule has 1 saturated heterocycles. The molecule has 2 aliphatic heterocycles. The van der Waals surface area contributed by atoms with Gasteiger partial charge < -0.3 is 24.3 Å². The van der Waals surface area contributed by atoms with E-state index >= 15 is 0 Å². The fourth-order valence-corrected chi connectivity index (χ4v) is 6.63. The molecule has 0 radical (unpaired) electrons. The van der Waals surface area contributed by atoms with Crippen LogP contribution in [-0.4, -0.2) is 42.6 Å². The molecule has 4 aromatic rings. The van der Waals surface area contributed by atoms with E-state index in [2.05, 4.69) is 5.32 Å². The highest BCUT2D eigenvalue weighted by atomic mass is 16.5. The van der Waals surface area contributed by atoms with Crippen LogP contribution in [-0.2, 0) is 16.1 Å². The van der Waals surface area contributed by atoms with E-state index in [0.717, 1.165) is 16.7 Å². The quantitative estimate of drug-likeness (QED) is 0.141. The van der Waals surface area contributed by atoms with Crippen molar-refractivity contribution in [1.29, 1.82) is 0 Å². The predicted molar refractivity (Wildman–Crippen MR) is 164 cm³/mol. The van der Waals surface area contributed by atoms with Crippen LogP contribution in [0.1, 0.15) is 35.4 Å². The summed E-state index contributed by atoms with van der Waals surface area (Å²) in [5.41, 5.74) is 1.28. The number of hydrogen-bond donors (Lipinski definition) is 1. The Labute approximate surface area is 260 Å². The molecule has 0 bridgehead atoms. The molecule has 1 unspecified atom stereocenters. The number of hydrogen-bond acceptors (Lipinski definition) is 7. The van der Waals surface area contributed by atoms with E-state index in [4.69, 9.17) is 18.9 Å². The molecule has 228 valence electrons. The van der Waals surface area contributed by atoms with E-state index in [1.165, 1.54) is 4.90 Å². The Balaban J connectivity index is 1.23. The van der Waals surface area contributed by atoms with Gasteiger partial charge in [-0.2, -0.15) is 0 Å². The van der Waals surface area contributed by atoms with Crippen molar-refractivity contribution in [2.24, 2.45) is 11.8 Å². The molecule has 0 spiro atoms. The third-order valence-electron chi connectivity index (χ3n) is 9.04. The zero-order valence-electron chi connectivity index (χ0n) is 24.9. The van der Waals surface area contributed by atoms with Crippen molar-refractivity contribution in [2.75, 3.05) is 14.2 Å². The number of carbonyl (C=O) groups is 3. The molecule has 9 nitrogen and oxygen atoms in total. The van der Waals surface area contributed by atoms with Crippen LogP contribution in [0.4, 0.5) is 4.79 Å².